The van der Waals surface area contributed by atoms with Gasteiger partial charge in [0.05, 0.1) is 6.61 Å². The molecule has 1 saturated carbocycles. The van der Waals surface area contributed by atoms with E-state index in [9.17, 15) is 0 Å². The Morgan fingerprint density at radius 1 is 1.28 bits per heavy atom. The molecule has 1 N–H and O–H groups in total. The molecule has 1 atom stereocenters. The van der Waals surface area contributed by atoms with Crippen molar-refractivity contribution in [3.05, 3.63) is 29.8 Å². The highest BCUT2D eigenvalue weighted by Crippen LogP contribution is 2.33. The first-order valence-corrected chi connectivity index (χ1v) is 7.23. The van der Waals surface area contributed by atoms with Gasteiger partial charge in [-0.2, -0.15) is 0 Å². The van der Waals surface area contributed by atoms with Crippen LogP contribution in [0.5, 0.6) is 5.75 Å². The number of benzene rings is 1. The van der Waals surface area contributed by atoms with Crippen LogP contribution in [0.2, 0.25) is 0 Å². The highest BCUT2D eigenvalue weighted by Gasteiger charge is 2.23. The Kier molecular flexibility index (Phi) is 5.06. The predicted molar refractivity (Wildman–Crippen MR) is 75.9 cm³/mol. The summed E-state index contributed by atoms with van der Waals surface area (Å²) in [5, 5.41) is 3.59. The summed E-state index contributed by atoms with van der Waals surface area (Å²) < 4.78 is 5.58. The van der Waals surface area contributed by atoms with Gasteiger partial charge in [-0.05, 0) is 43.4 Å². The van der Waals surface area contributed by atoms with E-state index in [-0.39, 0.29) is 0 Å². The van der Waals surface area contributed by atoms with Gasteiger partial charge in [0.15, 0.2) is 0 Å². The molecule has 100 valence electrons. The van der Waals surface area contributed by atoms with Crippen LogP contribution in [0.15, 0.2) is 24.3 Å². The van der Waals surface area contributed by atoms with Crippen molar-refractivity contribution in [3.63, 3.8) is 0 Å². The average Bonchev–Trinajstić information content (AvgIpc) is 3.19. The lowest BCUT2D eigenvalue weighted by Gasteiger charge is -2.13. The van der Waals surface area contributed by atoms with Crippen molar-refractivity contribution in [1.29, 1.82) is 0 Å². The molecule has 1 aliphatic carbocycles. The molecule has 0 spiro atoms. The topological polar surface area (TPSA) is 21.3 Å². The molecule has 1 fully saturated rings. The van der Waals surface area contributed by atoms with Gasteiger partial charge in [-0.25, -0.2) is 0 Å². The minimum atomic E-state index is 0.633. The van der Waals surface area contributed by atoms with E-state index in [1.807, 2.05) is 0 Å². The van der Waals surface area contributed by atoms with Crippen LogP contribution in [-0.4, -0.2) is 12.6 Å². The fourth-order valence-corrected chi connectivity index (χ4v) is 2.15. The van der Waals surface area contributed by atoms with E-state index >= 15 is 0 Å². The summed E-state index contributed by atoms with van der Waals surface area (Å²) in [7, 11) is 0. The molecular formula is C16H25NO. The molecule has 0 aromatic heterocycles. The molecule has 0 amide bonds. The zero-order valence-electron chi connectivity index (χ0n) is 11.6. The monoisotopic (exact) mass is 247 g/mol. The largest absolute Gasteiger partial charge is 0.494 e. The maximum Gasteiger partial charge on any atom is 0.119 e. The Morgan fingerprint density at radius 3 is 2.61 bits per heavy atom. The van der Waals surface area contributed by atoms with E-state index in [4.69, 9.17) is 4.74 Å². The number of hydrogen-bond acceptors (Lipinski definition) is 2. The van der Waals surface area contributed by atoms with E-state index in [0.29, 0.717) is 6.04 Å². The third kappa shape index (κ3) is 4.69. The van der Waals surface area contributed by atoms with Crippen LogP contribution in [0.3, 0.4) is 0 Å². The van der Waals surface area contributed by atoms with Crippen LogP contribution < -0.4 is 10.1 Å². The summed E-state index contributed by atoms with van der Waals surface area (Å²) in [5.74, 6) is 1.98. The van der Waals surface area contributed by atoms with Gasteiger partial charge in [0, 0.05) is 12.6 Å². The molecular weight excluding hydrogens is 222 g/mol. The molecule has 1 unspecified atom stereocenters. The fourth-order valence-electron chi connectivity index (χ4n) is 2.15. The smallest absolute Gasteiger partial charge is 0.119 e. The first-order valence-electron chi connectivity index (χ1n) is 7.23. The summed E-state index contributed by atoms with van der Waals surface area (Å²) in [6.45, 7) is 6.18. The van der Waals surface area contributed by atoms with Gasteiger partial charge < -0.3 is 10.1 Å². The lowest BCUT2D eigenvalue weighted by Crippen LogP contribution is -2.25. The lowest BCUT2D eigenvalue weighted by atomic mass is 10.1. The zero-order chi connectivity index (χ0) is 12.8. The van der Waals surface area contributed by atoms with Gasteiger partial charge in [0.1, 0.15) is 5.75 Å². The molecule has 18 heavy (non-hydrogen) atoms. The normalized spacial score (nSPS) is 16.6. The standard InChI is InChI=1S/C16H25NO/c1-3-10-18-16-8-6-15(7-9-16)12-17-13(2)11-14-4-5-14/h6-9,13-14,17H,3-5,10-12H2,1-2H3. The maximum atomic E-state index is 5.58. The van der Waals surface area contributed by atoms with Crippen molar-refractivity contribution >= 4 is 0 Å². The highest BCUT2D eigenvalue weighted by atomic mass is 16.5. The lowest BCUT2D eigenvalue weighted by molar-refractivity contribution is 0.317. The molecule has 1 aromatic carbocycles. The van der Waals surface area contributed by atoms with Crippen molar-refractivity contribution in [2.75, 3.05) is 6.61 Å². The summed E-state index contributed by atoms with van der Waals surface area (Å²) in [5.41, 5.74) is 1.33. The molecule has 2 rings (SSSR count). The van der Waals surface area contributed by atoms with Crippen molar-refractivity contribution < 1.29 is 4.74 Å². The van der Waals surface area contributed by atoms with Gasteiger partial charge in [-0.1, -0.05) is 31.9 Å². The van der Waals surface area contributed by atoms with Gasteiger partial charge in [0.25, 0.3) is 0 Å². The molecule has 0 heterocycles. The predicted octanol–water partition coefficient (Wildman–Crippen LogP) is 3.75. The van der Waals surface area contributed by atoms with Crippen LogP contribution in [0.4, 0.5) is 0 Å². The Bertz CT molecular complexity index is 343. The second-order valence-electron chi connectivity index (χ2n) is 5.45. The van der Waals surface area contributed by atoms with E-state index in [0.717, 1.165) is 31.2 Å². The van der Waals surface area contributed by atoms with E-state index in [2.05, 4.69) is 43.4 Å². The number of hydrogen-bond donors (Lipinski definition) is 1. The van der Waals surface area contributed by atoms with Gasteiger partial charge in [-0.3, -0.25) is 0 Å². The number of rotatable bonds is 8. The van der Waals surface area contributed by atoms with Crippen LogP contribution in [0.1, 0.15) is 45.1 Å². The summed E-state index contributed by atoms with van der Waals surface area (Å²) >= 11 is 0. The molecule has 0 aliphatic heterocycles. The SMILES string of the molecule is CCCOc1ccc(CNC(C)CC2CC2)cc1. The minimum absolute atomic E-state index is 0.633. The minimum Gasteiger partial charge on any atom is -0.494 e. The zero-order valence-corrected chi connectivity index (χ0v) is 11.6. The van der Waals surface area contributed by atoms with E-state index in [1.54, 1.807) is 0 Å². The number of nitrogens with one attached hydrogen (secondary N) is 1. The molecule has 1 aliphatic rings. The Morgan fingerprint density at radius 2 is 2.00 bits per heavy atom. The van der Waals surface area contributed by atoms with Crippen LogP contribution in [-0.2, 0) is 6.54 Å². The quantitative estimate of drug-likeness (QED) is 0.755. The van der Waals surface area contributed by atoms with Crippen molar-refractivity contribution in [3.8, 4) is 5.75 Å². The Hall–Kier alpha value is -1.02. The summed E-state index contributed by atoms with van der Waals surface area (Å²) in [4.78, 5) is 0. The Labute approximate surface area is 111 Å². The van der Waals surface area contributed by atoms with E-state index in [1.165, 1.54) is 24.8 Å². The molecule has 0 radical (unpaired) electrons. The molecule has 2 heteroatoms. The summed E-state index contributed by atoms with van der Waals surface area (Å²) in [6, 6.07) is 9.08. The van der Waals surface area contributed by atoms with Crippen molar-refractivity contribution in [1.82, 2.24) is 5.32 Å². The van der Waals surface area contributed by atoms with Gasteiger partial charge in [0.2, 0.25) is 0 Å². The fraction of sp³-hybridized carbons (Fsp3) is 0.625. The summed E-state index contributed by atoms with van der Waals surface area (Å²) in [6.07, 6.45) is 5.27. The second kappa shape index (κ2) is 6.79. The van der Waals surface area contributed by atoms with Crippen LogP contribution in [0, 0.1) is 5.92 Å². The van der Waals surface area contributed by atoms with Gasteiger partial charge in [-0.15, -0.1) is 0 Å². The maximum absolute atomic E-state index is 5.58. The Balaban J connectivity index is 1.71. The third-order valence-corrected chi connectivity index (χ3v) is 3.43. The van der Waals surface area contributed by atoms with E-state index < -0.39 is 0 Å². The third-order valence-electron chi connectivity index (χ3n) is 3.43. The highest BCUT2D eigenvalue weighted by molar-refractivity contribution is 5.27. The first-order chi connectivity index (χ1) is 8.78. The number of ether oxygens (including phenoxy) is 1. The molecule has 0 bridgehead atoms. The molecule has 0 saturated heterocycles. The van der Waals surface area contributed by atoms with Crippen molar-refractivity contribution in [2.45, 2.75) is 52.1 Å². The van der Waals surface area contributed by atoms with Crippen LogP contribution >= 0.6 is 0 Å². The van der Waals surface area contributed by atoms with Crippen LogP contribution in [0.25, 0.3) is 0 Å². The van der Waals surface area contributed by atoms with Gasteiger partial charge >= 0.3 is 0 Å². The molecule has 1 aromatic rings. The second-order valence-corrected chi connectivity index (χ2v) is 5.45. The molecule has 2 nitrogen and oxygen atoms in total. The first kappa shape index (κ1) is 13.4. The van der Waals surface area contributed by atoms with Crippen molar-refractivity contribution in [2.24, 2.45) is 5.92 Å². The average molecular weight is 247 g/mol.